The summed E-state index contributed by atoms with van der Waals surface area (Å²) in [5.41, 5.74) is 5.04. The maximum Gasteiger partial charge on any atom is 0.258 e. The molecule has 3 rings (SSSR count). The SMILES string of the molecule is CC1CC(=O)NN=C1c1ccc(NC(=O)c2c(Cl)cccc2Cl)cc1. The Bertz CT molecular complexity index is 843. The molecule has 7 heteroatoms. The van der Waals surface area contributed by atoms with E-state index < -0.39 is 0 Å². The number of nitrogens with zero attached hydrogens (tertiary/aromatic N) is 1. The standard InChI is InChI=1S/C18H15Cl2N3O2/c1-10-9-15(24)22-23-17(10)11-5-7-12(8-6-11)21-18(25)16-13(19)3-2-4-14(16)20/h2-8,10H,9H2,1H3,(H,21,25)(H,22,24). The van der Waals surface area contributed by atoms with Crippen LogP contribution in [0.1, 0.15) is 29.3 Å². The molecule has 0 aliphatic carbocycles. The van der Waals surface area contributed by atoms with Gasteiger partial charge in [-0.25, -0.2) is 5.43 Å². The number of halogens is 2. The lowest BCUT2D eigenvalue weighted by Crippen LogP contribution is -2.31. The van der Waals surface area contributed by atoms with Crippen LogP contribution in [0.2, 0.25) is 10.0 Å². The van der Waals surface area contributed by atoms with E-state index in [0.717, 1.165) is 11.3 Å². The Hall–Kier alpha value is -2.37. The topological polar surface area (TPSA) is 70.6 Å². The van der Waals surface area contributed by atoms with Gasteiger partial charge in [-0.15, -0.1) is 0 Å². The molecule has 1 unspecified atom stereocenters. The van der Waals surface area contributed by atoms with Crippen molar-refractivity contribution in [3.05, 3.63) is 63.6 Å². The van der Waals surface area contributed by atoms with Gasteiger partial charge in [-0.05, 0) is 29.8 Å². The van der Waals surface area contributed by atoms with Gasteiger partial charge < -0.3 is 5.32 Å². The molecular weight excluding hydrogens is 361 g/mol. The van der Waals surface area contributed by atoms with Crippen molar-refractivity contribution in [1.29, 1.82) is 0 Å². The molecule has 2 N–H and O–H groups in total. The number of rotatable bonds is 3. The minimum absolute atomic E-state index is 0.0381. The molecule has 0 spiro atoms. The van der Waals surface area contributed by atoms with Crippen LogP contribution in [0.25, 0.3) is 0 Å². The van der Waals surface area contributed by atoms with E-state index >= 15 is 0 Å². The lowest BCUT2D eigenvalue weighted by atomic mass is 9.94. The van der Waals surface area contributed by atoms with Gasteiger partial charge in [-0.2, -0.15) is 5.10 Å². The van der Waals surface area contributed by atoms with E-state index in [0.29, 0.717) is 22.2 Å². The van der Waals surface area contributed by atoms with Gasteiger partial charge in [0.15, 0.2) is 0 Å². The zero-order chi connectivity index (χ0) is 18.0. The molecule has 0 fully saturated rings. The Labute approximate surface area is 155 Å². The van der Waals surface area contributed by atoms with E-state index in [9.17, 15) is 9.59 Å². The van der Waals surface area contributed by atoms with Crippen molar-refractivity contribution in [3.63, 3.8) is 0 Å². The normalized spacial score (nSPS) is 16.8. The van der Waals surface area contributed by atoms with Crippen LogP contribution in [-0.4, -0.2) is 17.5 Å². The molecule has 0 aromatic heterocycles. The zero-order valence-electron chi connectivity index (χ0n) is 13.3. The predicted octanol–water partition coefficient (Wildman–Crippen LogP) is 4.11. The van der Waals surface area contributed by atoms with E-state index in [1.54, 1.807) is 30.3 Å². The summed E-state index contributed by atoms with van der Waals surface area (Å²) in [6, 6.07) is 12.1. The molecule has 1 heterocycles. The number of hydrogen-bond acceptors (Lipinski definition) is 3. The lowest BCUT2D eigenvalue weighted by Gasteiger charge is -2.19. The summed E-state index contributed by atoms with van der Waals surface area (Å²) in [5, 5.41) is 7.48. The van der Waals surface area contributed by atoms with E-state index in [-0.39, 0.29) is 23.3 Å². The summed E-state index contributed by atoms with van der Waals surface area (Å²) in [6.07, 6.45) is 0.405. The van der Waals surface area contributed by atoms with Crippen molar-refractivity contribution < 1.29 is 9.59 Å². The average molecular weight is 376 g/mol. The third-order valence-corrected chi connectivity index (χ3v) is 4.52. The summed E-state index contributed by atoms with van der Waals surface area (Å²) < 4.78 is 0. The first-order valence-electron chi connectivity index (χ1n) is 7.68. The van der Waals surface area contributed by atoms with Gasteiger partial charge in [0.2, 0.25) is 5.91 Å². The molecule has 1 aliphatic rings. The molecule has 1 aliphatic heterocycles. The van der Waals surface area contributed by atoms with Gasteiger partial charge in [0.1, 0.15) is 0 Å². The van der Waals surface area contributed by atoms with Gasteiger partial charge in [-0.1, -0.05) is 48.3 Å². The third-order valence-electron chi connectivity index (χ3n) is 3.89. The number of hydrazone groups is 1. The highest BCUT2D eigenvalue weighted by atomic mass is 35.5. The molecule has 2 amide bonds. The van der Waals surface area contributed by atoms with Crippen molar-refractivity contribution in [2.75, 3.05) is 5.32 Å². The quantitative estimate of drug-likeness (QED) is 0.847. The number of carbonyl (C=O) groups excluding carboxylic acids is 2. The first-order chi connectivity index (χ1) is 12.0. The molecule has 0 saturated heterocycles. The van der Waals surface area contributed by atoms with E-state index in [4.69, 9.17) is 23.2 Å². The summed E-state index contributed by atoms with van der Waals surface area (Å²) in [6.45, 7) is 1.95. The second kappa shape index (κ2) is 7.25. The second-order valence-corrected chi connectivity index (χ2v) is 6.58. The molecule has 0 bridgehead atoms. The summed E-state index contributed by atoms with van der Waals surface area (Å²) >= 11 is 12.1. The summed E-state index contributed by atoms with van der Waals surface area (Å²) in [4.78, 5) is 23.7. The van der Waals surface area contributed by atoms with Crippen LogP contribution >= 0.6 is 23.2 Å². The van der Waals surface area contributed by atoms with Crippen molar-refractivity contribution in [1.82, 2.24) is 5.43 Å². The minimum atomic E-state index is -0.376. The van der Waals surface area contributed by atoms with Crippen LogP contribution in [-0.2, 0) is 4.79 Å². The van der Waals surface area contributed by atoms with Crippen LogP contribution in [0.3, 0.4) is 0 Å². The maximum absolute atomic E-state index is 12.4. The number of hydrogen-bond donors (Lipinski definition) is 2. The van der Waals surface area contributed by atoms with Crippen molar-refractivity contribution in [3.8, 4) is 0 Å². The monoisotopic (exact) mass is 375 g/mol. The number of anilines is 1. The molecule has 2 aromatic rings. The van der Waals surface area contributed by atoms with Crippen molar-refractivity contribution in [2.24, 2.45) is 11.0 Å². The fraction of sp³-hybridized carbons (Fsp3) is 0.167. The number of nitrogens with one attached hydrogen (secondary N) is 2. The number of benzene rings is 2. The van der Waals surface area contributed by atoms with E-state index in [2.05, 4.69) is 15.8 Å². The second-order valence-electron chi connectivity index (χ2n) is 5.77. The molecular formula is C18H15Cl2N3O2. The first kappa shape index (κ1) is 17.5. The third kappa shape index (κ3) is 3.83. The number of carbonyl (C=O) groups is 2. The highest BCUT2D eigenvalue weighted by molar-refractivity contribution is 6.40. The average Bonchev–Trinajstić information content (AvgIpc) is 2.56. The van der Waals surface area contributed by atoms with E-state index in [1.807, 2.05) is 19.1 Å². The predicted molar refractivity (Wildman–Crippen MR) is 99.3 cm³/mol. The Morgan fingerprint density at radius 3 is 2.40 bits per heavy atom. The number of amides is 2. The lowest BCUT2D eigenvalue weighted by molar-refractivity contribution is -0.121. The molecule has 0 radical (unpaired) electrons. The highest BCUT2D eigenvalue weighted by Gasteiger charge is 2.21. The summed E-state index contributed by atoms with van der Waals surface area (Å²) in [5.74, 6) is -0.424. The first-order valence-corrected chi connectivity index (χ1v) is 8.43. The smallest absolute Gasteiger partial charge is 0.258 e. The van der Waals surface area contributed by atoms with Crippen molar-refractivity contribution >= 4 is 46.4 Å². The highest BCUT2D eigenvalue weighted by Crippen LogP contribution is 2.25. The molecule has 5 nitrogen and oxygen atoms in total. The molecule has 128 valence electrons. The Kier molecular flexibility index (Phi) is 5.06. The van der Waals surface area contributed by atoms with Crippen molar-refractivity contribution in [2.45, 2.75) is 13.3 Å². The summed E-state index contributed by atoms with van der Waals surface area (Å²) in [7, 11) is 0. The van der Waals surface area contributed by atoms with Crippen LogP contribution < -0.4 is 10.7 Å². The van der Waals surface area contributed by atoms with Gasteiger partial charge in [0, 0.05) is 18.0 Å². The van der Waals surface area contributed by atoms with Gasteiger partial charge in [-0.3, -0.25) is 9.59 Å². The largest absolute Gasteiger partial charge is 0.322 e. The molecule has 1 atom stereocenters. The van der Waals surface area contributed by atoms with Gasteiger partial charge in [0.25, 0.3) is 5.91 Å². The van der Waals surface area contributed by atoms with Crippen LogP contribution in [0.5, 0.6) is 0 Å². The Morgan fingerprint density at radius 1 is 1.16 bits per heavy atom. The Balaban J connectivity index is 1.77. The van der Waals surface area contributed by atoms with Crippen LogP contribution in [0.4, 0.5) is 5.69 Å². The molecule has 2 aromatic carbocycles. The van der Waals surface area contributed by atoms with E-state index in [1.165, 1.54) is 0 Å². The molecule has 0 saturated carbocycles. The van der Waals surface area contributed by atoms with Crippen LogP contribution in [0.15, 0.2) is 47.6 Å². The fourth-order valence-corrected chi connectivity index (χ4v) is 3.20. The van der Waals surface area contributed by atoms with Gasteiger partial charge >= 0.3 is 0 Å². The Morgan fingerprint density at radius 2 is 1.80 bits per heavy atom. The van der Waals surface area contributed by atoms with Crippen LogP contribution in [0, 0.1) is 5.92 Å². The minimum Gasteiger partial charge on any atom is -0.322 e. The molecule has 25 heavy (non-hydrogen) atoms. The maximum atomic E-state index is 12.4. The van der Waals surface area contributed by atoms with Gasteiger partial charge in [0.05, 0.1) is 21.3 Å². The fourth-order valence-electron chi connectivity index (χ4n) is 2.63. The zero-order valence-corrected chi connectivity index (χ0v) is 14.9.